The number of alkyl halides is 3. The van der Waals surface area contributed by atoms with E-state index >= 15 is 0 Å². The molecule has 0 unspecified atom stereocenters. The number of hydrogen-bond acceptors (Lipinski definition) is 4. The van der Waals surface area contributed by atoms with E-state index in [0.717, 1.165) is 0 Å². The van der Waals surface area contributed by atoms with Crippen LogP contribution in [0.5, 0.6) is 5.75 Å². The minimum absolute atomic E-state index is 0.105. The van der Waals surface area contributed by atoms with Crippen LogP contribution in [0.2, 0.25) is 0 Å². The lowest BCUT2D eigenvalue weighted by Gasteiger charge is -2.14. The first-order chi connectivity index (χ1) is 10.2. The van der Waals surface area contributed by atoms with Gasteiger partial charge in [-0.05, 0) is 40.2 Å². The van der Waals surface area contributed by atoms with E-state index in [1.165, 1.54) is 33.8 Å². The Morgan fingerprint density at radius 3 is 2.36 bits per heavy atom. The first-order valence-corrected chi connectivity index (χ1v) is 6.71. The average molecular weight is 378 g/mol. The van der Waals surface area contributed by atoms with Crippen molar-refractivity contribution in [3.8, 4) is 11.4 Å². The molecule has 0 atom stereocenters. The van der Waals surface area contributed by atoms with E-state index in [0.29, 0.717) is 5.69 Å². The Balaban J connectivity index is 2.35. The van der Waals surface area contributed by atoms with Crippen LogP contribution < -0.4 is 4.74 Å². The van der Waals surface area contributed by atoms with Gasteiger partial charge < -0.3 is 9.64 Å². The van der Waals surface area contributed by atoms with Crippen molar-refractivity contribution in [1.29, 1.82) is 5.41 Å². The average Bonchev–Trinajstić information content (AvgIpc) is 2.78. The molecule has 0 aliphatic heterocycles. The third-order valence-electron chi connectivity index (χ3n) is 2.56. The number of nitrogens with one attached hydrogen (secondary N) is 1. The smallest absolute Gasteiger partial charge is 0.406 e. The van der Waals surface area contributed by atoms with Gasteiger partial charge in [0.1, 0.15) is 5.75 Å². The van der Waals surface area contributed by atoms with Crippen LogP contribution in [0.3, 0.4) is 0 Å². The predicted octanol–water partition coefficient (Wildman–Crippen LogP) is 2.82. The van der Waals surface area contributed by atoms with E-state index in [2.05, 4.69) is 30.7 Å². The fourth-order valence-electron chi connectivity index (χ4n) is 1.61. The Kier molecular flexibility index (Phi) is 4.40. The van der Waals surface area contributed by atoms with Crippen LogP contribution in [-0.2, 0) is 0 Å². The van der Waals surface area contributed by atoms with Gasteiger partial charge in [-0.2, -0.15) is 4.98 Å². The molecule has 0 amide bonds. The highest BCUT2D eigenvalue weighted by Crippen LogP contribution is 2.24. The van der Waals surface area contributed by atoms with Crippen LogP contribution in [-0.4, -0.2) is 46.0 Å². The summed E-state index contributed by atoms with van der Waals surface area (Å²) in [6.07, 6.45) is -4.74. The van der Waals surface area contributed by atoms with E-state index < -0.39 is 6.36 Å². The highest BCUT2D eigenvalue weighted by Gasteiger charge is 2.31. The van der Waals surface area contributed by atoms with E-state index in [1.807, 2.05) is 0 Å². The van der Waals surface area contributed by atoms with Gasteiger partial charge in [0.2, 0.25) is 4.73 Å². The first-order valence-electron chi connectivity index (χ1n) is 5.92. The van der Waals surface area contributed by atoms with Crippen molar-refractivity contribution in [3.05, 3.63) is 34.8 Å². The van der Waals surface area contributed by atoms with Crippen molar-refractivity contribution < 1.29 is 17.9 Å². The van der Waals surface area contributed by atoms with Crippen molar-refractivity contribution in [1.82, 2.24) is 19.7 Å². The van der Waals surface area contributed by atoms with Gasteiger partial charge >= 0.3 is 6.36 Å². The molecule has 0 aliphatic carbocycles. The molecule has 0 saturated carbocycles. The SMILES string of the molecule is CN(C)C(=N)c1nc(Br)nn1-c1ccc(OC(F)(F)F)cc1. The molecule has 118 valence electrons. The molecular formula is C12H11BrF3N5O. The van der Waals surface area contributed by atoms with Crippen molar-refractivity contribution >= 4 is 21.8 Å². The Hall–Kier alpha value is -2.10. The maximum atomic E-state index is 12.1. The lowest BCUT2D eigenvalue weighted by molar-refractivity contribution is -0.274. The lowest BCUT2D eigenvalue weighted by atomic mass is 10.3. The second kappa shape index (κ2) is 5.95. The van der Waals surface area contributed by atoms with E-state index in [-0.39, 0.29) is 22.1 Å². The number of ether oxygens (including phenoxy) is 1. The summed E-state index contributed by atoms with van der Waals surface area (Å²) in [6.45, 7) is 0. The van der Waals surface area contributed by atoms with Crippen molar-refractivity contribution in [2.45, 2.75) is 6.36 Å². The molecule has 6 nitrogen and oxygen atoms in total. The van der Waals surface area contributed by atoms with Gasteiger partial charge in [-0.15, -0.1) is 18.3 Å². The summed E-state index contributed by atoms with van der Waals surface area (Å²) in [4.78, 5) is 5.62. The zero-order chi connectivity index (χ0) is 16.5. The Bertz CT molecular complexity index is 681. The molecule has 2 rings (SSSR count). The number of hydrogen-bond donors (Lipinski definition) is 1. The third kappa shape index (κ3) is 3.75. The molecule has 1 heterocycles. The second-order valence-corrected chi connectivity index (χ2v) is 5.11. The Morgan fingerprint density at radius 1 is 1.27 bits per heavy atom. The number of nitrogens with zero attached hydrogens (tertiary/aromatic N) is 4. The molecule has 1 N–H and O–H groups in total. The monoisotopic (exact) mass is 377 g/mol. The maximum absolute atomic E-state index is 12.1. The summed E-state index contributed by atoms with van der Waals surface area (Å²) in [7, 11) is 3.35. The van der Waals surface area contributed by atoms with E-state index in [4.69, 9.17) is 5.41 Å². The normalized spacial score (nSPS) is 11.4. The first kappa shape index (κ1) is 16.3. The van der Waals surface area contributed by atoms with E-state index in [9.17, 15) is 13.2 Å². The summed E-state index contributed by atoms with van der Waals surface area (Å²) >= 11 is 3.12. The Morgan fingerprint density at radius 2 is 1.86 bits per heavy atom. The molecule has 0 spiro atoms. The number of rotatable bonds is 3. The predicted molar refractivity (Wildman–Crippen MR) is 76.3 cm³/mol. The summed E-state index contributed by atoms with van der Waals surface area (Å²) in [5.74, 6) is 0.0230. The second-order valence-electron chi connectivity index (χ2n) is 4.40. The van der Waals surface area contributed by atoms with Crippen molar-refractivity contribution in [2.24, 2.45) is 0 Å². The lowest BCUT2D eigenvalue weighted by Crippen LogP contribution is -2.25. The van der Waals surface area contributed by atoms with Crippen LogP contribution in [0.4, 0.5) is 13.2 Å². The summed E-state index contributed by atoms with van der Waals surface area (Å²) in [5.41, 5.74) is 0.453. The number of amidine groups is 1. The topological polar surface area (TPSA) is 67.0 Å². The van der Waals surface area contributed by atoms with Crippen LogP contribution >= 0.6 is 15.9 Å². The summed E-state index contributed by atoms with van der Waals surface area (Å²) in [5, 5.41) is 12.0. The van der Waals surface area contributed by atoms with Gasteiger partial charge in [-0.1, -0.05) is 0 Å². The molecule has 0 bridgehead atoms. The minimum Gasteiger partial charge on any atom is -0.406 e. The quantitative estimate of drug-likeness (QED) is 0.659. The van der Waals surface area contributed by atoms with Gasteiger partial charge in [0, 0.05) is 14.1 Å². The maximum Gasteiger partial charge on any atom is 0.573 e. The van der Waals surface area contributed by atoms with Gasteiger partial charge in [-0.25, -0.2) is 4.68 Å². The molecule has 1 aromatic carbocycles. The largest absolute Gasteiger partial charge is 0.573 e. The van der Waals surface area contributed by atoms with Crippen molar-refractivity contribution in [2.75, 3.05) is 14.1 Å². The van der Waals surface area contributed by atoms with Crippen LogP contribution in [0.1, 0.15) is 5.82 Å². The van der Waals surface area contributed by atoms with Crippen LogP contribution in [0.25, 0.3) is 5.69 Å². The van der Waals surface area contributed by atoms with Crippen LogP contribution in [0.15, 0.2) is 29.0 Å². The molecule has 0 saturated heterocycles. The Labute approximate surface area is 132 Å². The van der Waals surface area contributed by atoms with Crippen LogP contribution in [0, 0.1) is 5.41 Å². The van der Waals surface area contributed by atoms with E-state index in [1.54, 1.807) is 14.1 Å². The van der Waals surface area contributed by atoms with Gasteiger partial charge in [-0.3, -0.25) is 5.41 Å². The molecule has 0 radical (unpaired) electrons. The zero-order valence-electron chi connectivity index (χ0n) is 11.5. The molecule has 1 aromatic heterocycles. The number of halogens is 4. The highest BCUT2D eigenvalue weighted by molar-refractivity contribution is 9.10. The van der Waals surface area contributed by atoms with Gasteiger partial charge in [0.05, 0.1) is 5.69 Å². The standard InChI is InChI=1S/C12H11BrF3N5O/c1-20(2)9(17)10-18-11(13)19-21(10)7-3-5-8(6-4-7)22-12(14,15)16/h3-6,17H,1-2H3. The fourth-order valence-corrected chi connectivity index (χ4v) is 1.94. The molecule has 0 aliphatic rings. The zero-order valence-corrected chi connectivity index (χ0v) is 13.1. The van der Waals surface area contributed by atoms with Gasteiger partial charge in [0.25, 0.3) is 0 Å². The number of benzene rings is 1. The molecular weight excluding hydrogens is 367 g/mol. The summed E-state index contributed by atoms with van der Waals surface area (Å²) in [6, 6.07) is 5.13. The molecule has 10 heteroatoms. The third-order valence-corrected chi connectivity index (χ3v) is 2.89. The molecule has 0 fully saturated rings. The summed E-state index contributed by atoms with van der Waals surface area (Å²) < 4.78 is 41.8. The minimum atomic E-state index is -4.74. The molecule has 2 aromatic rings. The molecule has 22 heavy (non-hydrogen) atoms. The van der Waals surface area contributed by atoms with Crippen molar-refractivity contribution in [3.63, 3.8) is 0 Å². The number of aromatic nitrogens is 3. The fraction of sp³-hybridized carbons (Fsp3) is 0.250. The van der Waals surface area contributed by atoms with Gasteiger partial charge in [0.15, 0.2) is 11.7 Å². The highest BCUT2D eigenvalue weighted by atomic mass is 79.9.